The molecule has 24 heavy (non-hydrogen) atoms. The van der Waals surface area contributed by atoms with Crippen molar-refractivity contribution in [1.82, 2.24) is 4.98 Å². The fourth-order valence-electron chi connectivity index (χ4n) is 2.29. The lowest BCUT2D eigenvalue weighted by atomic mass is 10.2. The molecule has 1 aromatic heterocycles. The Hall–Kier alpha value is -2.18. The number of nitrogens with zero attached hydrogens (tertiary/aromatic N) is 1. The Balaban J connectivity index is 1.84. The van der Waals surface area contributed by atoms with Crippen molar-refractivity contribution in [3.05, 3.63) is 65.2 Å². The minimum Gasteiger partial charge on any atom is -0.497 e. The van der Waals surface area contributed by atoms with E-state index in [1.54, 1.807) is 36.8 Å². The van der Waals surface area contributed by atoms with Crippen LogP contribution in [-0.4, -0.2) is 20.5 Å². The SMILES string of the molecule is COc1cccc(-c2nc(CS(=O)(=O)c3ccc(C)cc3)cs2)c1. The molecule has 0 aliphatic rings. The zero-order valence-electron chi connectivity index (χ0n) is 13.4. The van der Waals surface area contributed by atoms with Gasteiger partial charge < -0.3 is 4.74 Å². The largest absolute Gasteiger partial charge is 0.497 e. The molecule has 0 aliphatic heterocycles. The average molecular weight is 359 g/mol. The Morgan fingerprint density at radius 2 is 1.88 bits per heavy atom. The van der Waals surface area contributed by atoms with Gasteiger partial charge in [0.25, 0.3) is 0 Å². The summed E-state index contributed by atoms with van der Waals surface area (Å²) < 4.78 is 30.2. The molecule has 0 N–H and O–H groups in total. The van der Waals surface area contributed by atoms with Gasteiger partial charge in [-0.15, -0.1) is 11.3 Å². The van der Waals surface area contributed by atoms with Crippen LogP contribution in [0.2, 0.25) is 0 Å². The van der Waals surface area contributed by atoms with E-state index in [0.29, 0.717) is 10.6 Å². The van der Waals surface area contributed by atoms with E-state index in [4.69, 9.17) is 4.74 Å². The molecule has 0 saturated carbocycles. The van der Waals surface area contributed by atoms with Crippen LogP contribution in [0.1, 0.15) is 11.3 Å². The first-order chi connectivity index (χ1) is 11.5. The van der Waals surface area contributed by atoms with E-state index >= 15 is 0 Å². The third-order valence-electron chi connectivity index (χ3n) is 3.59. The Labute approximate surface area is 145 Å². The lowest BCUT2D eigenvalue weighted by molar-refractivity contribution is 0.415. The molecule has 0 atom stereocenters. The van der Waals surface area contributed by atoms with E-state index in [-0.39, 0.29) is 5.75 Å². The summed E-state index contributed by atoms with van der Waals surface area (Å²) in [4.78, 5) is 4.79. The van der Waals surface area contributed by atoms with Gasteiger partial charge in [0, 0.05) is 10.9 Å². The molecule has 0 radical (unpaired) electrons. The standard InChI is InChI=1S/C18H17NO3S2/c1-13-6-8-17(9-7-13)24(20,21)12-15-11-23-18(19-15)14-4-3-5-16(10-14)22-2/h3-11H,12H2,1-2H3. The van der Waals surface area contributed by atoms with E-state index in [1.807, 2.05) is 31.2 Å². The molecule has 3 aromatic rings. The van der Waals surface area contributed by atoms with Crippen LogP contribution in [0.15, 0.2) is 58.8 Å². The van der Waals surface area contributed by atoms with Crippen molar-refractivity contribution in [2.24, 2.45) is 0 Å². The summed E-state index contributed by atoms with van der Waals surface area (Å²) in [5.41, 5.74) is 2.50. The lowest BCUT2D eigenvalue weighted by Crippen LogP contribution is -2.05. The fraction of sp³-hybridized carbons (Fsp3) is 0.167. The number of hydrogen-bond donors (Lipinski definition) is 0. The smallest absolute Gasteiger partial charge is 0.184 e. The molecule has 0 unspecified atom stereocenters. The number of hydrogen-bond acceptors (Lipinski definition) is 5. The van der Waals surface area contributed by atoms with Gasteiger partial charge >= 0.3 is 0 Å². The maximum Gasteiger partial charge on any atom is 0.184 e. The van der Waals surface area contributed by atoms with Gasteiger partial charge in [-0.1, -0.05) is 29.8 Å². The molecule has 0 aliphatic carbocycles. The number of aryl methyl sites for hydroxylation is 1. The first kappa shape index (κ1) is 16.7. The third kappa shape index (κ3) is 3.66. The number of rotatable bonds is 5. The van der Waals surface area contributed by atoms with Gasteiger partial charge in [-0.25, -0.2) is 13.4 Å². The van der Waals surface area contributed by atoms with Gasteiger partial charge in [-0.05, 0) is 31.2 Å². The number of ether oxygens (including phenoxy) is 1. The summed E-state index contributed by atoms with van der Waals surface area (Å²) in [5, 5.41) is 2.57. The van der Waals surface area contributed by atoms with Gasteiger partial charge in [0.2, 0.25) is 0 Å². The Morgan fingerprint density at radius 3 is 2.58 bits per heavy atom. The minimum absolute atomic E-state index is 0.101. The number of methoxy groups -OCH3 is 1. The van der Waals surface area contributed by atoms with Crippen molar-refractivity contribution in [3.63, 3.8) is 0 Å². The molecule has 124 valence electrons. The molecular formula is C18H17NO3S2. The number of benzene rings is 2. The second-order valence-electron chi connectivity index (χ2n) is 5.45. The van der Waals surface area contributed by atoms with E-state index < -0.39 is 9.84 Å². The van der Waals surface area contributed by atoms with Crippen LogP contribution in [-0.2, 0) is 15.6 Å². The molecule has 0 bridgehead atoms. The van der Waals surface area contributed by atoms with Crippen molar-refractivity contribution >= 4 is 21.2 Å². The van der Waals surface area contributed by atoms with E-state index in [2.05, 4.69) is 4.98 Å². The maximum absolute atomic E-state index is 12.5. The first-order valence-corrected chi connectivity index (χ1v) is 9.89. The van der Waals surface area contributed by atoms with Crippen molar-refractivity contribution in [2.75, 3.05) is 7.11 Å². The highest BCUT2D eigenvalue weighted by Crippen LogP contribution is 2.28. The maximum atomic E-state index is 12.5. The molecular weight excluding hydrogens is 342 g/mol. The summed E-state index contributed by atoms with van der Waals surface area (Å²) in [5.74, 6) is 0.646. The molecule has 0 fully saturated rings. The molecule has 4 nitrogen and oxygen atoms in total. The Bertz CT molecular complexity index is 944. The van der Waals surface area contributed by atoms with Crippen molar-refractivity contribution in [3.8, 4) is 16.3 Å². The highest BCUT2D eigenvalue weighted by molar-refractivity contribution is 7.90. The third-order valence-corrected chi connectivity index (χ3v) is 6.19. The molecule has 0 saturated heterocycles. The van der Waals surface area contributed by atoms with Crippen LogP contribution in [0.4, 0.5) is 0 Å². The predicted octanol–water partition coefficient (Wildman–Crippen LogP) is 4.10. The van der Waals surface area contributed by atoms with Crippen LogP contribution in [0, 0.1) is 6.92 Å². The van der Waals surface area contributed by atoms with Crippen LogP contribution in [0.5, 0.6) is 5.75 Å². The first-order valence-electron chi connectivity index (χ1n) is 7.36. The quantitative estimate of drug-likeness (QED) is 0.688. The minimum atomic E-state index is -3.39. The molecule has 0 amide bonds. The summed E-state index contributed by atoms with van der Waals surface area (Å²) in [7, 11) is -1.78. The highest BCUT2D eigenvalue weighted by atomic mass is 32.2. The zero-order chi connectivity index (χ0) is 17.2. The molecule has 1 heterocycles. The van der Waals surface area contributed by atoms with Gasteiger partial charge in [0.15, 0.2) is 9.84 Å². The van der Waals surface area contributed by atoms with E-state index in [0.717, 1.165) is 21.9 Å². The monoisotopic (exact) mass is 359 g/mol. The number of sulfone groups is 1. The molecule has 2 aromatic carbocycles. The summed E-state index contributed by atoms with van der Waals surface area (Å²) in [6, 6.07) is 14.4. The van der Waals surface area contributed by atoms with Crippen molar-refractivity contribution in [1.29, 1.82) is 0 Å². The van der Waals surface area contributed by atoms with Crippen LogP contribution >= 0.6 is 11.3 Å². The topological polar surface area (TPSA) is 56.3 Å². The summed E-state index contributed by atoms with van der Waals surface area (Å²) in [6.07, 6.45) is 0. The number of aromatic nitrogens is 1. The summed E-state index contributed by atoms with van der Waals surface area (Å²) >= 11 is 1.43. The van der Waals surface area contributed by atoms with Crippen LogP contribution in [0.3, 0.4) is 0 Å². The van der Waals surface area contributed by atoms with Crippen molar-refractivity contribution < 1.29 is 13.2 Å². The Morgan fingerprint density at radius 1 is 1.12 bits per heavy atom. The fourth-order valence-corrected chi connectivity index (χ4v) is 4.46. The summed E-state index contributed by atoms with van der Waals surface area (Å²) in [6.45, 7) is 1.93. The Kier molecular flexibility index (Phi) is 4.69. The van der Waals surface area contributed by atoms with Crippen molar-refractivity contribution in [2.45, 2.75) is 17.6 Å². The molecule has 3 rings (SSSR count). The molecule has 0 spiro atoms. The second kappa shape index (κ2) is 6.75. The van der Waals surface area contributed by atoms with Crippen LogP contribution in [0.25, 0.3) is 10.6 Å². The van der Waals surface area contributed by atoms with Crippen LogP contribution < -0.4 is 4.74 Å². The van der Waals surface area contributed by atoms with Gasteiger partial charge in [-0.3, -0.25) is 0 Å². The lowest BCUT2D eigenvalue weighted by Gasteiger charge is -2.03. The average Bonchev–Trinajstić information content (AvgIpc) is 3.03. The second-order valence-corrected chi connectivity index (χ2v) is 8.30. The number of thiazole rings is 1. The van der Waals surface area contributed by atoms with E-state index in [9.17, 15) is 8.42 Å². The highest BCUT2D eigenvalue weighted by Gasteiger charge is 2.17. The predicted molar refractivity (Wildman–Crippen MR) is 96.2 cm³/mol. The molecule has 6 heteroatoms. The van der Waals surface area contributed by atoms with Gasteiger partial charge in [0.05, 0.1) is 23.5 Å². The van der Waals surface area contributed by atoms with Gasteiger partial charge in [-0.2, -0.15) is 0 Å². The van der Waals surface area contributed by atoms with E-state index in [1.165, 1.54) is 11.3 Å². The zero-order valence-corrected chi connectivity index (χ0v) is 15.0. The van der Waals surface area contributed by atoms with Gasteiger partial charge in [0.1, 0.15) is 10.8 Å². The normalized spacial score (nSPS) is 11.4.